The highest BCUT2D eigenvalue weighted by Gasteiger charge is 2.20. The maximum atomic E-state index is 11.3. The first-order valence-electron chi connectivity index (χ1n) is 6.87. The Kier molecular flexibility index (Phi) is 7.00. The molecule has 0 fully saturated rings. The molecule has 0 aliphatic heterocycles. The number of hydrogen-bond donors (Lipinski definition) is 0. The first kappa shape index (κ1) is 17.5. The summed E-state index contributed by atoms with van der Waals surface area (Å²) in [6, 6.07) is 9.49. The van der Waals surface area contributed by atoms with E-state index in [2.05, 4.69) is 13.8 Å². The third-order valence-corrected chi connectivity index (χ3v) is 4.23. The fraction of sp³-hybridized carbons (Fsp3) is 0.600. The minimum atomic E-state index is -3.55. The zero-order chi connectivity index (χ0) is 15.2. The maximum absolute atomic E-state index is 11.3. The van der Waals surface area contributed by atoms with Gasteiger partial charge < -0.3 is 4.74 Å². The van der Waals surface area contributed by atoms with Gasteiger partial charge in [0.15, 0.2) is 0 Å². The van der Waals surface area contributed by atoms with Crippen molar-refractivity contribution in [1.29, 1.82) is 0 Å². The summed E-state index contributed by atoms with van der Waals surface area (Å²) in [6.45, 7) is 6.65. The number of rotatable bonds is 8. The van der Waals surface area contributed by atoms with Gasteiger partial charge in [-0.3, -0.25) is 0 Å². The summed E-state index contributed by atoms with van der Waals surface area (Å²) in [5.74, 6) is 0.220. The van der Waals surface area contributed by atoms with E-state index in [1.54, 1.807) is 0 Å². The van der Waals surface area contributed by atoms with Crippen molar-refractivity contribution in [1.82, 2.24) is 0 Å². The summed E-state index contributed by atoms with van der Waals surface area (Å²) < 4.78 is 28.5. The molecule has 0 spiro atoms. The SMILES string of the molecule is CC(C)CC(C)OCC(CS(=O)(=O)Cl)c1ccccc1. The summed E-state index contributed by atoms with van der Waals surface area (Å²) in [4.78, 5) is 0. The zero-order valence-electron chi connectivity index (χ0n) is 12.3. The fourth-order valence-electron chi connectivity index (χ4n) is 2.22. The lowest BCUT2D eigenvalue weighted by Crippen LogP contribution is -2.20. The lowest BCUT2D eigenvalue weighted by atomic mass is 10.0. The smallest absolute Gasteiger partial charge is 0.233 e. The second kappa shape index (κ2) is 8.01. The van der Waals surface area contributed by atoms with E-state index >= 15 is 0 Å². The molecule has 0 heterocycles. The van der Waals surface area contributed by atoms with E-state index in [-0.39, 0.29) is 17.8 Å². The molecule has 0 amide bonds. The van der Waals surface area contributed by atoms with Gasteiger partial charge in [0.2, 0.25) is 9.05 Å². The summed E-state index contributed by atoms with van der Waals surface area (Å²) in [5, 5.41) is 0. The molecule has 2 unspecified atom stereocenters. The molecule has 5 heteroatoms. The van der Waals surface area contributed by atoms with Crippen molar-refractivity contribution in [2.24, 2.45) is 5.92 Å². The Balaban J connectivity index is 2.69. The normalized spacial score (nSPS) is 15.2. The highest BCUT2D eigenvalue weighted by Crippen LogP contribution is 2.21. The van der Waals surface area contributed by atoms with E-state index in [1.165, 1.54) is 0 Å². The van der Waals surface area contributed by atoms with Crippen LogP contribution in [0.3, 0.4) is 0 Å². The number of hydrogen-bond acceptors (Lipinski definition) is 3. The van der Waals surface area contributed by atoms with E-state index in [0.717, 1.165) is 12.0 Å². The van der Waals surface area contributed by atoms with Crippen molar-refractivity contribution in [3.05, 3.63) is 35.9 Å². The molecule has 0 radical (unpaired) electrons. The molecule has 114 valence electrons. The van der Waals surface area contributed by atoms with Crippen molar-refractivity contribution < 1.29 is 13.2 Å². The second-order valence-electron chi connectivity index (χ2n) is 5.59. The molecule has 1 aromatic carbocycles. The molecule has 0 N–H and O–H groups in total. The predicted octanol–water partition coefficient (Wildman–Crippen LogP) is 3.79. The third-order valence-electron chi connectivity index (χ3n) is 3.06. The minimum absolute atomic E-state index is 0.104. The molecule has 2 atom stereocenters. The van der Waals surface area contributed by atoms with E-state index in [1.807, 2.05) is 37.3 Å². The van der Waals surface area contributed by atoms with E-state index in [4.69, 9.17) is 15.4 Å². The van der Waals surface area contributed by atoms with Crippen LogP contribution >= 0.6 is 10.7 Å². The number of halogens is 1. The molecule has 0 saturated heterocycles. The van der Waals surface area contributed by atoms with Crippen LogP contribution < -0.4 is 0 Å². The van der Waals surface area contributed by atoms with E-state index in [9.17, 15) is 8.42 Å². The Morgan fingerprint density at radius 2 is 1.75 bits per heavy atom. The molecule has 20 heavy (non-hydrogen) atoms. The van der Waals surface area contributed by atoms with Gasteiger partial charge in [-0.2, -0.15) is 0 Å². The van der Waals surface area contributed by atoms with Gasteiger partial charge in [0, 0.05) is 16.6 Å². The van der Waals surface area contributed by atoms with Crippen molar-refractivity contribution in [2.45, 2.75) is 39.2 Å². The van der Waals surface area contributed by atoms with E-state index in [0.29, 0.717) is 12.5 Å². The second-order valence-corrected chi connectivity index (χ2v) is 8.41. The Morgan fingerprint density at radius 1 is 1.15 bits per heavy atom. The van der Waals surface area contributed by atoms with Gasteiger partial charge in [-0.25, -0.2) is 8.42 Å². The van der Waals surface area contributed by atoms with Crippen LogP contribution in [0.4, 0.5) is 0 Å². The highest BCUT2D eigenvalue weighted by molar-refractivity contribution is 8.13. The molecular weight excluding hydrogens is 296 g/mol. The van der Waals surface area contributed by atoms with Gasteiger partial charge in [0.05, 0.1) is 18.5 Å². The van der Waals surface area contributed by atoms with E-state index < -0.39 is 9.05 Å². The van der Waals surface area contributed by atoms with Gasteiger partial charge >= 0.3 is 0 Å². The standard InChI is InChI=1S/C15H23ClO3S/c1-12(2)9-13(3)19-10-15(11-20(16,17)18)14-7-5-4-6-8-14/h4-8,12-13,15H,9-11H2,1-3H3. The molecule has 0 saturated carbocycles. The zero-order valence-corrected chi connectivity index (χ0v) is 13.8. The van der Waals surface area contributed by atoms with Crippen molar-refractivity contribution >= 4 is 19.7 Å². The lowest BCUT2D eigenvalue weighted by Gasteiger charge is -2.20. The summed E-state index contributed by atoms with van der Waals surface area (Å²) in [7, 11) is 1.84. The lowest BCUT2D eigenvalue weighted by molar-refractivity contribution is 0.0451. The quantitative estimate of drug-likeness (QED) is 0.685. The molecule has 0 aromatic heterocycles. The van der Waals surface area contributed by atoms with Crippen LogP contribution in [0, 0.1) is 5.92 Å². The van der Waals surface area contributed by atoms with Gasteiger partial charge in [0.1, 0.15) is 0 Å². The third kappa shape index (κ3) is 7.27. The van der Waals surface area contributed by atoms with Crippen molar-refractivity contribution in [3.8, 4) is 0 Å². The molecular formula is C15H23ClO3S. The fourth-order valence-corrected chi connectivity index (χ4v) is 3.44. The molecule has 3 nitrogen and oxygen atoms in total. The maximum Gasteiger partial charge on any atom is 0.233 e. The molecule has 1 aromatic rings. The van der Waals surface area contributed by atoms with Gasteiger partial charge in [-0.15, -0.1) is 0 Å². The number of ether oxygens (including phenoxy) is 1. The van der Waals surface area contributed by atoms with Crippen LogP contribution in [0.15, 0.2) is 30.3 Å². The summed E-state index contributed by atoms with van der Waals surface area (Å²) in [6.07, 6.45) is 1.06. The van der Waals surface area contributed by atoms with Crippen LogP contribution in [0.2, 0.25) is 0 Å². The van der Waals surface area contributed by atoms with Gasteiger partial charge in [0.25, 0.3) is 0 Å². The van der Waals surface area contributed by atoms with Crippen molar-refractivity contribution in [3.63, 3.8) is 0 Å². The topological polar surface area (TPSA) is 43.4 Å². The average molecular weight is 319 g/mol. The average Bonchev–Trinajstić information content (AvgIpc) is 2.33. The first-order chi connectivity index (χ1) is 9.28. The van der Waals surface area contributed by atoms with Crippen LogP contribution in [-0.4, -0.2) is 26.9 Å². The predicted molar refractivity (Wildman–Crippen MR) is 83.7 cm³/mol. The number of benzene rings is 1. The Bertz CT molecular complexity index is 485. The van der Waals surface area contributed by atoms with Crippen LogP contribution in [0.5, 0.6) is 0 Å². The highest BCUT2D eigenvalue weighted by atomic mass is 35.7. The van der Waals surface area contributed by atoms with Gasteiger partial charge in [-0.1, -0.05) is 44.2 Å². The van der Waals surface area contributed by atoms with Crippen molar-refractivity contribution in [2.75, 3.05) is 12.4 Å². The molecule has 0 aliphatic rings. The molecule has 0 bridgehead atoms. The monoisotopic (exact) mass is 318 g/mol. The van der Waals surface area contributed by atoms with Crippen LogP contribution in [0.25, 0.3) is 0 Å². The first-order valence-corrected chi connectivity index (χ1v) is 9.34. The van der Waals surface area contributed by atoms with Crippen LogP contribution in [-0.2, 0) is 13.8 Å². The minimum Gasteiger partial charge on any atom is -0.378 e. The Hall–Kier alpha value is -0.580. The molecule has 0 aliphatic carbocycles. The molecule has 1 rings (SSSR count). The summed E-state index contributed by atoms with van der Waals surface area (Å²) >= 11 is 0. The van der Waals surface area contributed by atoms with Gasteiger partial charge in [-0.05, 0) is 24.8 Å². The van der Waals surface area contributed by atoms with Crippen LogP contribution in [0.1, 0.15) is 38.7 Å². The largest absolute Gasteiger partial charge is 0.378 e. The Labute approximate surface area is 126 Å². The summed E-state index contributed by atoms with van der Waals surface area (Å²) in [5.41, 5.74) is 0.938. The Morgan fingerprint density at radius 3 is 2.25 bits per heavy atom.